The van der Waals surface area contributed by atoms with Crippen molar-refractivity contribution in [2.45, 2.75) is 45.1 Å². The summed E-state index contributed by atoms with van der Waals surface area (Å²) in [6, 6.07) is 6.05. The standard InChI is InChI=1S/C16H25FN2/c1-12-9-13(6-7-15(12)17)16(2,3)11-18-10-14-5-4-8-19-14/h6-7,9,14,18-19H,4-5,8,10-11H2,1-3H3. The monoisotopic (exact) mass is 264 g/mol. The van der Waals surface area contributed by atoms with Crippen LogP contribution in [0.2, 0.25) is 0 Å². The Balaban J connectivity index is 1.90. The smallest absolute Gasteiger partial charge is 0.126 e. The van der Waals surface area contributed by atoms with Gasteiger partial charge in [-0.2, -0.15) is 0 Å². The molecule has 3 heteroatoms. The molecule has 1 atom stereocenters. The summed E-state index contributed by atoms with van der Waals surface area (Å²) in [4.78, 5) is 0. The van der Waals surface area contributed by atoms with E-state index in [0.717, 1.165) is 25.2 Å². The summed E-state index contributed by atoms with van der Waals surface area (Å²) in [7, 11) is 0. The minimum Gasteiger partial charge on any atom is -0.314 e. The van der Waals surface area contributed by atoms with Gasteiger partial charge in [-0.25, -0.2) is 4.39 Å². The summed E-state index contributed by atoms with van der Waals surface area (Å²) in [6.07, 6.45) is 2.55. The summed E-state index contributed by atoms with van der Waals surface area (Å²) in [5.41, 5.74) is 1.94. The first kappa shape index (κ1) is 14.5. The summed E-state index contributed by atoms with van der Waals surface area (Å²) < 4.78 is 13.3. The highest BCUT2D eigenvalue weighted by molar-refractivity contribution is 5.29. The molecule has 1 heterocycles. The fraction of sp³-hybridized carbons (Fsp3) is 0.625. The maximum atomic E-state index is 13.3. The lowest BCUT2D eigenvalue weighted by Gasteiger charge is -2.27. The lowest BCUT2D eigenvalue weighted by Crippen LogP contribution is -2.40. The Morgan fingerprint density at radius 1 is 1.42 bits per heavy atom. The number of benzene rings is 1. The highest BCUT2D eigenvalue weighted by Gasteiger charge is 2.22. The van der Waals surface area contributed by atoms with E-state index in [0.29, 0.717) is 6.04 Å². The molecule has 1 fully saturated rings. The summed E-state index contributed by atoms with van der Waals surface area (Å²) >= 11 is 0. The van der Waals surface area contributed by atoms with Gasteiger partial charge in [0.2, 0.25) is 0 Å². The van der Waals surface area contributed by atoms with E-state index in [9.17, 15) is 4.39 Å². The van der Waals surface area contributed by atoms with Gasteiger partial charge >= 0.3 is 0 Å². The Morgan fingerprint density at radius 2 is 2.21 bits per heavy atom. The zero-order chi connectivity index (χ0) is 13.9. The number of halogens is 1. The van der Waals surface area contributed by atoms with Gasteiger partial charge in [0, 0.05) is 24.5 Å². The van der Waals surface area contributed by atoms with Crippen LogP contribution in [0, 0.1) is 12.7 Å². The SMILES string of the molecule is Cc1cc(C(C)(C)CNCC2CCCN2)ccc1F. The minimum atomic E-state index is -0.123. The van der Waals surface area contributed by atoms with Crippen LogP contribution < -0.4 is 10.6 Å². The van der Waals surface area contributed by atoms with E-state index in [-0.39, 0.29) is 11.2 Å². The highest BCUT2D eigenvalue weighted by atomic mass is 19.1. The topological polar surface area (TPSA) is 24.1 Å². The molecule has 2 rings (SSSR count). The van der Waals surface area contributed by atoms with E-state index < -0.39 is 0 Å². The summed E-state index contributed by atoms with van der Waals surface area (Å²) in [6.45, 7) is 9.31. The number of rotatable bonds is 5. The average molecular weight is 264 g/mol. The van der Waals surface area contributed by atoms with Crippen molar-refractivity contribution in [3.05, 3.63) is 35.1 Å². The molecule has 0 aromatic heterocycles. The van der Waals surface area contributed by atoms with Crippen LogP contribution in [0.15, 0.2) is 18.2 Å². The predicted molar refractivity (Wildman–Crippen MR) is 78.1 cm³/mol. The van der Waals surface area contributed by atoms with E-state index in [4.69, 9.17) is 0 Å². The first-order chi connectivity index (χ1) is 8.99. The Kier molecular flexibility index (Phi) is 4.58. The molecule has 1 aromatic carbocycles. The van der Waals surface area contributed by atoms with Gasteiger partial charge in [-0.1, -0.05) is 26.0 Å². The molecule has 0 aliphatic carbocycles. The second-order valence-electron chi connectivity index (χ2n) is 6.27. The van der Waals surface area contributed by atoms with Gasteiger partial charge in [-0.15, -0.1) is 0 Å². The third-order valence-electron chi connectivity index (χ3n) is 4.06. The number of hydrogen-bond acceptors (Lipinski definition) is 2. The molecule has 1 aromatic rings. The molecule has 0 amide bonds. The first-order valence-electron chi connectivity index (χ1n) is 7.20. The second kappa shape index (κ2) is 6.02. The molecular formula is C16H25FN2. The third-order valence-corrected chi connectivity index (χ3v) is 4.06. The fourth-order valence-electron chi connectivity index (χ4n) is 2.66. The Hall–Kier alpha value is -0.930. The lowest BCUT2D eigenvalue weighted by molar-refractivity contribution is 0.441. The van der Waals surface area contributed by atoms with Crippen LogP contribution in [-0.4, -0.2) is 25.7 Å². The van der Waals surface area contributed by atoms with Crippen LogP contribution in [0.1, 0.15) is 37.8 Å². The van der Waals surface area contributed by atoms with Crippen molar-refractivity contribution in [3.8, 4) is 0 Å². The second-order valence-corrected chi connectivity index (χ2v) is 6.27. The molecule has 1 aliphatic rings. The van der Waals surface area contributed by atoms with Crippen molar-refractivity contribution in [2.75, 3.05) is 19.6 Å². The summed E-state index contributed by atoms with van der Waals surface area (Å²) in [5, 5.41) is 7.03. The van der Waals surface area contributed by atoms with Gasteiger partial charge in [-0.05, 0) is 43.5 Å². The van der Waals surface area contributed by atoms with Crippen LogP contribution in [-0.2, 0) is 5.41 Å². The zero-order valence-electron chi connectivity index (χ0n) is 12.2. The number of hydrogen-bond donors (Lipinski definition) is 2. The van der Waals surface area contributed by atoms with Crippen molar-refractivity contribution < 1.29 is 4.39 Å². The van der Waals surface area contributed by atoms with Gasteiger partial charge < -0.3 is 10.6 Å². The van der Waals surface area contributed by atoms with Crippen molar-refractivity contribution in [2.24, 2.45) is 0 Å². The average Bonchev–Trinajstić information content (AvgIpc) is 2.85. The lowest BCUT2D eigenvalue weighted by atomic mass is 9.84. The van der Waals surface area contributed by atoms with Gasteiger partial charge in [0.15, 0.2) is 0 Å². The van der Waals surface area contributed by atoms with Gasteiger partial charge in [0.1, 0.15) is 5.82 Å². The molecule has 19 heavy (non-hydrogen) atoms. The van der Waals surface area contributed by atoms with E-state index in [1.165, 1.54) is 18.4 Å². The quantitative estimate of drug-likeness (QED) is 0.854. The molecule has 106 valence electrons. The van der Waals surface area contributed by atoms with Crippen molar-refractivity contribution >= 4 is 0 Å². The van der Waals surface area contributed by atoms with Gasteiger partial charge in [-0.3, -0.25) is 0 Å². The van der Waals surface area contributed by atoms with Crippen LogP contribution >= 0.6 is 0 Å². The fourth-order valence-corrected chi connectivity index (χ4v) is 2.66. The van der Waals surface area contributed by atoms with Crippen molar-refractivity contribution in [1.29, 1.82) is 0 Å². The number of nitrogens with one attached hydrogen (secondary N) is 2. The molecule has 2 N–H and O–H groups in total. The van der Waals surface area contributed by atoms with Crippen LogP contribution in [0.4, 0.5) is 4.39 Å². The third kappa shape index (κ3) is 3.77. The maximum Gasteiger partial charge on any atom is 0.126 e. The molecule has 2 nitrogen and oxygen atoms in total. The number of aryl methyl sites for hydroxylation is 1. The Labute approximate surface area is 115 Å². The van der Waals surface area contributed by atoms with E-state index in [1.807, 2.05) is 19.1 Å². The Morgan fingerprint density at radius 3 is 2.84 bits per heavy atom. The normalized spacial score (nSPS) is 19.9. The van der Waals surface area contributed by atoms with Gasteiger partial charge in [0.05, 0.1) is 0 Å². The van der Waals surface area contributed by atoms with E-state index >= 15 is 0 Å². The molecule has 0 spiro atoms. The van der Waals surface area contributed by atoms with Crippen molar-refractivity contribution in [1.82, 2.24) is 10.6 Å². The summed E-state index contributed by atoms with van der Waals surface area (Å²) in [5.74, 6) is -0.123. The maximum absolute atomic E-state index is 13.3. The first-order valence-corrected chi connectivity index (χ1v) is 7.20. The molecule has 0 saturated carbocycles. The molecule has 0 radical (unpaired) electrons. The highest BCUT2D eigenvalue weighted by Crippen LogP contribution is 2.24. The van der Waals surface area contributed by atoms with Crippen LogP contribution in [0.25, 0.3) is 0 Å². The van der Waals surface area contributed by atoms with E-state index in [1.54, 1.807) is 6.07 Å². The molecule has 1 saturated heterocycles. The zero-order valence-corrected chi connectivity index (χ0v) is 12.2. The van der Waals surface area contributed by atoms with Crippen LogP contribution in [0.3, 0.4) is 0 Å². The van der Waals surface area contributed by atoms with Gasteiger partial charge in [0.25, 0.3) is 0 Å². The largest absolute Gasteiger partial charge is 0.314 e. The van der Waals surface area contributed by atoms with E-state index in [2.05, 4.69) is 24.5 Å². The molecular weight excluding hydrogens is 239 g/mol. The molecule has 1 aliphatic heterocycles. The Bertz CT molecular complexity index is 423. The molecule has 1 unspecified atom stereocenters. The molecule has 0 bridgehead atoms. The van der Waals surface area contributed by atoms with Crippen LogP contribution in [0.5, 0.6) is 0 Å². The predicted octanol–water partition coefficient (Wildman–Crippen LogP) is 2.75. The minimum absolute atomic E-state index is 0.0249. The van der Waals surface area contributed by atoms with Crippen molar-refractivity contribution in [3.63, 3.8) is 0 Å².